The van der Waals surface area contributed by atoms with Crippen LogP contribution in [0.25, 0.3) is 0 Å². The third kappa shape index (κ3) is 3.10. The Hall–Kier alpha value is -1.35. The molecule has 1 heterocycles. The van der Waals surface area contributed by atoms with Gasteiger partial charge in [-0.15, -0.1) is 0 Å². The maximum atomic E-state index is 11.5. The van der Waals surface area contributed by atoms with Crippen LogP contribution in [-0.4, -0.2) is 24.5 Å². The standard InChI is InChI=1S/C15H21NO2/c1-3-14(17)12-5-7-13(8-6-12)16-11-15(2)9-4-10-18-15/h5-8,16H,3-4,9-11H2,1-2H3. The van der Waals surface area contributed by atoms with Crippen molar-refractivity contribution < 1.29 is 9.53 Å². The summed E-state index contributed by atoms with van der Waals surface area (Å²) in [4.78, 5) is 11.5. The van der Waals surface area contributed by atoms with Crippen molar-refractivity contribution in [3.8, 4) is 0 Å². The first kappa shape index (κ1) is 13.1. The minimum absolute atomic E-state index is 0.0437. The number of rotatable bonds is 5. The first-order chi connectivity index (χ1) is 8.63. The van der Waals surface area contributed by atoms with E-state index in [1.54, 1.807) is 0 Å². The summed E-state index contributed by atoms with van der Waals surface area (Å²) in [6.45, 7) is 5.70. The summed E-state index contributed by atoms with van der Waals surface area (Å²) in [6.07, 6.45) is 2.80. The van der Waals surface area contributed by atoms with Crippen LogP contribution in [0.3, 0.4) is 0 Å². The number of benzene rings is 1. The summed E-state index contributed by atoms with van der Waals surface area (Å²) >= 11 is 0. The molecule has 98 valence electrons. The number of ketones is 1. The van der Waals surface area contributed by atoms with Crippen molar-refractivity contribution in [1.29, 1.82) is 0 Å². The Bertz CT molecular complexity index is 405. The van der Waals surface area contributed by atoms with Gasteiger partial charge in [0.2, 0.25) is 0 Å². The Morgan fingerprint density at radius 2 is 2.11 bits per heavy atom. The molecule has 0 amide bonds. The fraction of sp³-hybridized carbons (Fsp3) is 0.533. The van der Waals surface area contributed by atoms with Crippen LogP contribution in [0.4, 0.5) is 5.69 Å². The molecule has 1 aromatic rings. The number of hydrogen-bond donors (Lipinski definition) is 1. The number of carbonyl (C=O) groups is 1. The minimum atomic E-state index is -0.0437. The molecule has 3 nitrogen and oxygen atoms in total. The van der Waals surface area contributed by atoms with E-state index in [2.05, 4.69) is 12.2 Å². The van der Waals surface area contributed by atoms with E-state index in [1.165, 1.54) is 0 Å². The summed E-state index contributed by atoms with van der Waals surface area (Å²) in [6, 6.07) is 7.68. The van der Waals surface area contributed by atoms with E-state index >= 15 is 0 Å². The Labute approximate surface area is 109 Å². The zero-order valence-corrected chi connectivity index (χ0v) is 11.2. The molecule has 0 aliphatic carbocycles. The predicted molar refractivity (Wildman–Crippen MR) is 73.1 cm³/mol. The molecule has 1 unspecified atom stereocenters. The Morgan fingerprint density at radius 3 is 2.67 bits per heavy atom. The Kier molecular flexibility index (Phi) is 4.02. The topological polar surface area (TPSA) is 38.3 Å². The van der Waals surface area contributed by atoms with Crippen LogP contribution in [0.15, 0.2) is 24.3 Å². The second-order valence-electron chi connectivity index (χ2n) is 5.11. The van der Waals surface area contributed by atoms with Gasteiger partial charge in [-0.3, -0.25) is 4.79 Å². The van der Waals surface area contributed by atoms with Gasteiger partial charge in [-0.2, -0.15) is 0 Å². The first-order valence-electron chi connectivity index (χ1n) is 6.64. The molecule has 1 N–H and O–H groups in total. The molecule has 0 bridgehead atoms. The highest BCUT2D eigenvalue weighted by molar-refractivity contribution is 5.96. The van der Waals surface area contributed by atoms with Crippen LogP contribution in [0.5, 0.6) is 0 Å². The van der Waals surface area contributed by atoms with Crippen molar-refractivity contribution in [2.45, 2.75) is 38.7 Å². The normalized spacial score (nSPS) is 23.0. The molecule has 1 aromatic carbocycles. The monoisotopic (exact) mass is 247 g/mol. The van der Waals surface area contributed by atoms with Crippen LogP contribution in [-0.2, 0) is 4.74 Å². The molecule has 1 aliphatic heterocycles. The zero-order valence-electron chi connectivity index (χ0n) is 11.2. The summed E-state index contributed by atoms with van der Waals surface area (Å²) in [5.41, 5.74) is 1.78. The molecule has 0 radical (unpaired) electrons. The highest BCUT2D eigenvalue weighted by atomic mass is 16.5. The smallest absolute Gasteiger partial charge is 0.162 e. The number of Topliss-reactive ketones (excluding diaryl/α,β-unsaturated/α-hetero) is 1. The van der Waals surface area contributed by atoms with Crippen molar-refractivity contribution in [2.75, 3.05) is 18.5 Å². The fourth-order valence-electron chi connectivity index (χ4n) is 2.24. The minimum Gasteiger partial charge on any atom is -0.382 e. The van der Waals surface area contributed by atoms with Crippen LogP contribution < -0.4 is 5.32 Å². The zero-order chi connectivity index (χ0) is 13.0. The molecule has 0 spiro atoms. The molecule has 0 aromatic heterocycles. The first-order valence-corrected chi connectivity index (χ1v) is 6.64. The van der Waals surface area contributed by atoms with Gasteiger partial charge < -0.3 is 10.1 Å². The summed E-state index contributed by atoms with van der Waals surface area (Å²) in [5, 5.41) is 3.37. The number of anilines is 1. The highest BCUT2D eigenvalue weighted by Gasteiger charge is 2.29. The lowest BCUT2D eigenvalue weighted by Crippen LogP contribution is -2.32. The fourth-order valence-corrected chi connectivity index (χ4v) is 2.24. The average Bonchev–Trinajstić information content (AvgIpc) is 2.83. The third-order valence-electron chi connectivity index (χ3n) is 3.49. The van der Waals surface area contributed by atoms with E-state index in [4.69, 9.17) is 4.74 Å². The van der Waals surface area contributed by atoms with Gasteiger partial charge in [0, 0.05) is 30.8 Å². The van der Waals surface area contributed by atoms with Crippen molar-refractivity contribution in [3.05, 3.63) is 29.8 Å². The number of ether oxygens (including phenoxy) is 1. The number of carbonyl (C=O) groups excluding carboxylic acids is 1. The molecule has 18 heavy (non-hydrogen) atoms. The second-order valence-corrected chi connectivity index (χ2v) is 5.11. The highest BCUT2D eigenvalue weighted by Crippen LogP contribution is 2.25. The Balaban J connectivity index is 1.92. The number of nitrogens with one attached hydrogen (secondary N) is 1. The van der Waals surface area contributed by atoms with E-state index in [-0.39, 0.29) is 11.4 Å². The van der Waals surface area contributed by atoms with Gasteiger partial charge in [0.1, 0.15) is 0 Å². The van der Waals surface area contributed by atoms with E-state index in [1.807, 2.05) is 31.2 Å². The van der Waals surface area contributed by atoms with Gasteiger partial charge in [0.15, 0.2) is 5.78 Å². The largest absolute Gasteiger partial charge is 0.382 e. The van der Waals surface area contributed by atoms with Gasteiger partial charge in [-0.25, -0.2) is 0 Å². The third-order valence-corrected chi connectivity index (χ3v) is 3.49. The lowest BCUT2D eigenvalue weighted by Gasteiger charge is -2.24. The second kappa shape index (κ2) is 5.53. The van der Waals surface area contributed by atoms with Gasteiger partial charge in [0.25, 0.3) is 0 Å². The molecule has 0 saturated carbocycles. The van der Waals surface area contributed by atoms with Gasteiger partial charge in [0.05, 0.1) is 5.60 Å². The van der Waals surface area contributed by atoms with E-state index in [9.17, 15) is 4.79 Å². The molecule has 1 saturated heterocycles. The summed E-state index contributed by atoms with van der Waals surface area (Å²) in [5.74, 6) is 0.188. The van der Waals surface area contributed by atoms with Crippen molar-refractivity contribution >= 4 is 11.5 Å². The van der Waals surface area contributed by atoms with Crippen LogP contribution in [0.1, 0.15) is 43.5 Å². The van der Waals surface area contributed by atoms with Crippen LogP contribution in [0.2, 0.25) is 0 Å². The van der Waals surface area contributed by atoms with E-state index in [0.29, 0.717) is 6.42 Å². The van der Waals surface area contributed by atoms with Gasteiger partial charge in [-0.1, -0.05) is 6.92 Å². The van der Waals surface area contributed by atoms with Gasteiger partial charge >= 0.3 is 0 Å². The molecule has 3 heteroatoms. The van der Waals surface area contributed by atoms with Crippen LogP contribution in [0, 0.1) is 0 Å². The molecule has 2 rings (SSSR count). The number of hydrogen-bond acceptors (Lipinski definition) is 3. The molecule has 1 aliphatic rings. The SMILES string of the molecule is CCC(=O)c1ccc(NCC2(C)CCCO2)cc1. The lowest BCUT2D eigenvalue weighted by atomic mass is 10.0. The van der Waals surface area contributed by atoms with E-state index < -0.39 is 0 Å². The molecule has 1 fully saturated rings. The van der Waals surface area contributed by atoms with Crippen molar-refractivity contribution in [3.63, 3.8) is 0 Å². The average molecular weight is 247 g/mol. The van der Waals surface area contributed by atoms with Crippen molar-refractivity contribution in [1.82, 2.24) is 0 Å². The summed E-state index contributed by atoms with van der Waals surface area (Å²) in [7, 11) is 0. The Morgan fingerprint density at radius 1 is 1.39 bits per heavy atom. The van der Waals surface area contributed by atoms with E-state index in [0.717, 1.165) is 37.2 Å². The summed E-state index contributed by atoms with van der Waals surface area (Å²) < 4.78 is 5.72. The maximum absolute atomic E-state index is 11.5. The van der Waals surface area contributed by atoms with Crippen LogP contribution >= 0.6 is 0 Å². The maximum Gasteiger partial charge on any atom is 0.162 e. The quantitative estimate of drug-likeness (QED) is 0.812. The molecular weight excluding hydrogens is 226 g/mol. The van der Waals surface area contributed by atoms with Gasteiger partial charge in [-0.05, 0) is 44.0 Å². The predicted octanol–water partition coefficient (Wildman–Crippen LogP) is 3.26. The lowest BCUT2D eigenvalue weighted by molar-refractivity contribution is 0.0315. The van der Waals surface area contributed by atoms with Crippen molar-refractivity contribution in [2.24, 2.45) is 0 Å². The molecule has 1 atom stereocenters. The molecular formula is C15H21NO2.